The fourth-order valence-corrected chi connectivity index (χ4v) is 4.26. The van der Waals surface area contributed by atoms with Crippen LogP contribution in [0.25, 0.3) is 0 Å². The molecule has 1 aromatic rings. The van der Waals surface area contributed by atoms with Gasteiger partial charge in [0.25, 0.3) is 0 Å². The number of rotatable bonds is 6. The van der Waals surface area contributed by atoms with Crippen LogP contribution in [0.4, 0.5) is 0 Å². The van der Waals surface area contributed by atoms with Gasteiger partial charge in [0.1, 0.15) is 5.78 Å². The van der Waals surface area contributed by atoms with Crippen molar-refractivity contribution in [1.82, 2.24) is 0 Å². The van der Waals surface area contributed by atoms with Gasteiger partial charge in [-0.3, -0.25) is 4.57 Å². The Kier molecular flexibility index (Phi) is 6.31. The maximum Gasteiger partial charge on any atom is 0.351 e. The summed E-state index contributed by atoms with van der Waals surface area (Å²) in [6.45, 7) is 4.04. The summed E-state index contributed by atoms with van der Waals surface area (Å²) >= 11 is 9.20. The van der Waals surface area contributed by atoms with E-state index >= 15 is 0 Å². The van der Waals surface area contributed by atoms with E-state index in [-0.39, 0.29) is 13.2 Å². The first-order chi connectivity index (χ1) is 8.44. The van der Waals surface area contributed by atoms with Crippen LogP contribution in [0.1, 0.15) is 25.2 Å². The van der Waals surface area contributed by atoms with E-state index in [9.17, 15) is 4.57 Å². The molecule has 1 rings (SSSR count). The number of halogens is 2. The molecular formula is C11H16BrClNO3P. The topological polar surface area (TPSA) is 61.5 Å². The highest BCUT2D eigenvalue weighted by Gasteiger charge is 2.34. The molecule has 0 saturated carbocycles. The second kappa shape index (κ2) is 7.04. The zero-order valence-corrected chi connectivity index (χ0v) is 13.5. The molecule has 102 valence electrons. The van der Waals surface area contributed by atoms with E-state index < -0.39 is 13.4 Å². The Morgan fingerprint density at radius 2 is 1.94 bits per heavy atom. The lowest BCUT2D eigenvalue weighted by Crippen LogP contribution is -2.15. The van der Waals surface area contributed by atoms with Crippen LogP contribution >= 0.6 is 35.1 Å². The molecule has 0 radical (unpaired) electrons. The molecule has 0 aliphatic rings. The average molecular weight is 357 g/mol. The summed E-state index contributed by atoms with van der Waals surface area (Å²) in [5.41, 5.74) is 6.65. The molecule has 0 aliphatic heterocycles. The molecule has 0 saturated heterocycles. The highest BCUT2D eigenvalue weighted by Crippen LogP contribution is 2.59. The maximum atomic E-state index is 12.5. The van der Waals surface area contributed by atoms with Gasteiger partial charge in [-0.15, -0.1) is 0 Å². The monoisotopic (exact) mass is 355 g/mol. The molecule has 2 N–H and O–H groups in total. The molecule has 18 heavy (non-hydrogen) atoms. The molecule has 0 spiro atoms. The van der Waals surface area contributed by atoms with Crippen LogP contribution in [0.2, 0.25) is 5.02 Å². The fourth-order valence-electron chi connectivity index (χ4n) is 1.47. The van der Waals surface area contributed by atoms with Crippen LogP contribution in [0.3, 0.4) is 0 Å². The quantitative estimate of drug-likeness (QED) is 0.771. The van der Waals surface area contributed by atoms with E-state index in [4.69, 9.17) is 26.4 Å². The van der Waals surface area contributed by atoms with E-state index in [1.807, 2.05) is 0 Å². The van der Waals surface area contributed by atoms with E-state index in [0.717, 1.165) is 0 Å². The SMILES string of the molecule is CCOP(=O)(OCC)[C@@H](N)c1ccc(Cl)cc1Br. The second-order valence-corrected chi connectivity index (χ2v) is 6.93. The number of benzene rings is 1. The summed E-state index contributed by atoms with van der Waals surface area (Å²) < 4.78 is 23.7. The van der Waals surface area contributed by atoms with Crippen LogP contribution in [0.15, 0.2) is 22.7 Å². The third kappa shape index (κ3) is 3.80. The molecule has 0 fully saturated rings. The molecule has 1 aromatic carbocycles. The summed E-state index contributed by atoms with van der Waals surface area (Å²) in [7, 11) is -3.37. The molecule has 0 aromatic heterocycles. The lowest BCUT2D eigenvalue weighted by atomic mass is 10.2. The summed E-state index contributed by atoms with van der Waals surface area (Å²) in [5, 5.41) is 0.570. The van der Waals surface area contributed by atoms with Crippen molar-refractivity contribution in [2.45, 2.75) is 19.6 Å². The van der Waals surface area contributed by atoms with Crippen molar-refractivity contribution in [3.8, 4) is 0 Å². The van der Waals surface area contributed by atoms with E-state index in [0.29, 0.717) is 15.1 Å². The molecule has 0 heterocycles. The van der Waals surface area contributed by atoms with Crippen LogP contribution < -0.4 is 5.73 Å². The Bertz CT molecular complexity index is 448. The van der Waals surface area contributed by atoms with Crippen LogP contribution in [-0.2, 0) is 13.6 Å². The zero-order chi connectivity index (χ0) is 13.8. The lowest BCUT2D eigenvalue weighted by Gasteiger charge is -2.24. The first-order valence-electron chi connectivity index (χ1n) is 5.54. The lowest BCUT2D eigenvalue weighted by molar-refractivity contribution is 0.212. The summed E-state index contributed by atoms with van der Waals surface area (Å²) in [5.74, 6) is -0.843. The van der Waals surface area contributed by atoms with Crippen molar-refractivity contribution in [2.24, 2.45) is 5.73 Å². The third-order valence-corrected chi connectivity index (χ3v) is 5.36. The largest absolute Gasteiger partial charge is 0.351 e. The van der Waals surface area contributed by atoms with Gasteiger partial charge in [-0.25, -0.2) is 0 Å². The minimum Gasteiger partial charge on any atom is -0.314 e. The molecule has 0 aliphatic carbocycles. The van der Waals surface area contributed by atoms with E-state index in [2.05, 4.69) is 15.9 Å². The molecule has 0 bridgehead atoms. The standard InChI is InChI=1S/C11H16BrClNO3P/c1-3-16-18(15,17-4-2)11(14)9-6-5-8(13)7-10(9)12/h5-7,11H,3-4,14H2,1-2H3/t11-/m1/s1. The highest BCUT2D eigenvalue weighted by molar-refractivity contribution is 9.10. The summed E-state index contributed by atoms with van der Waals surface area (Å²) in [4.78, 5) is 0. The van der Waals surface area contributed by atoms with Gasteiger partial charge in [0.2, 0.25) is 0 Å². The van der Waals surface area contributed by atoms with Gasteiger partial charge in [-0.05, 0) is 31.5 Å². The van der Waals surface area contributed by atoms with Crippen molar-refractivity contribution < 1.29 is 13.6 Å². The normalized spacial score (nSPS) is 13.6. The Hall–Kier alpha value is 0.1000. The predicted octanol–water partition coefficient (Wildman–Crippen LogP) is 4.33. The molecule has 7 heteroatoms. The number of hydrogen-bond donors (Lipinski definition) is 1. The molecule has 1 atom stereocenters. The first kappa shape index (κ1) is 16.2. The summed E-state index contributed by atoms with van der Waals surface area (Å²) in [6.07, 6.45) is 0. The van der Waals surface area contributed by atoms with Gasteiger partial charge >= 0.3 is 7.60 Å². The van der Waals surface area contributed by atoms with Crippen LogP contribution in [0.5, 0.6) is 0 Å². The van der Waals surface area contributed by atoms with E-state index in [1.165, 1.54) is 0 Å². The van der Waals surface area contributed by atoms with Crippen LogP contribution in [0, 0.1) is 0 Å². The summed E-state index contributed by atoms with van der Waals surface area (Å²) in [6, 6.07) is 5.09. The zero-order valence-electron chi connectivity index (χ0n) is 10.2. The Morgan fingerprint density at radius 1 is 1.39 bits per heavy atom. The van der Waals surface area contributed by atoms with Crippen molar-refractivity contribution in [3.05, 3.63) is 33.3 Å². The minimum atomic E-state index is -3.37. The first-order valence-corrected chi connectivity index (χ1v) is 8.32. The molecule has 0 unspecified atom stereocenters. The minimum absolute atomic E-state index is 0.274. The maximum absolute atomic E-state index is 12.5. The van der Waals surface area contributed by atoms with Crippen LogP contribution in [-0.4, -0.2) is 13.2 Å². The molecule has 4 nitrogen and oxygen atoms in total. The van der Waals surface area contributed by atoms with Gasteiger partial charge in [0, 0.05) is 9.50 Å². The fraction of sp³-hybridized carbons (Fsp3) is 0.455. The average Bonchev–Trinajstić information content (AvgIpc) is 2.29. The smallest absolute Gasteiger partial charge is 0.314 e. The van der Waals surface area contributed by atoms with Crippen molar-refractivity contribution in [3.63, 3.8) is 0 Å². The number of hydrogen-bond acceptors (Lipinski definition) is 4. The van der Waals surface area contributed by atoms with Gasteiger partial charge in [-0.1, -0.05) is 33.6 Å². The highest BCUT2D eigenvalue weighted by atomic mass is 79.9. The van der Waals surface area contributed by atoms with Crippen molar-refractivity contribution >= 4 is 35.1 Å². The van der Waals surface area contributed by atoms with Crippen molar-refractivity contribution in [2.75, 3.05) is 13.2 Å². The van der Waals surface area contributed by atoms with Crippen molar-refractivity contribution in [1.29, 1.82) is 0 Å². The van der Waals surface area contributed by atoms with Gasteiger partial charge < -0.3 is 14.8 Å². The molecular weight excluding hydrogens is 340 g/mol. The van der Waals surface area contributed by atoms with Gasteiger partial charge in [0.15, 0.2) is 0 Å². The Morgan fingerprint density at radius 3 is 2.39 bits per heavy atom. The number of nitrogens with two attached hydrogens (primary N) is 1. The second-order valence-electron chi connectivity index (χ2n) is 3.49. The Labute approximate surface area is 120 Å². The third-order valence-electron chi connectivity index (χ3n) is 2.24. The molecule has 0 amide bonds. The van der Waals surface area contributed by atoms with E-state index in [1.54, 1.807) is 32.0 Å². The van der Waals surface area contributed by atoms with Gasteiger partial charge in [-0.2, -0.15) is 0 Å². The predicted molar refractivity (Wildman–Crippen MR) is 76.9 cm³/mol. The Balaban J connectivity index is 3.09. The van der Waals surface area contributed by atoms with Gasteiger partial charge in [0.05, 0.1) is 13.2 Å².